The first-order valence-corrected chi connectivity index (χ1v) is 8.98. The Balaban J connectivity index is 1.82. The fourth-order valence-electron chi connectivity index (χ4n) is 2.72. The van der Waals surface area contributed by atoms with Gasteiger partial charge in [0.05, 0.1) is 5.92 Å². The molecule has 0 aromatic heterocycles. The molecule has 0 radical (unpaired) electrons. The number of hydrogen-bond donors (Lipinski definition) is 1. The molecule has 2 fully saturated rings. The number of piperidine rings is 1. The number of carboxylic acid groups (broad SMARTS) is 1. The highest BCUT2D eigenvalue weighted by molar-refractivity contribution is 8.06. The van der Waals surface area contributed by atoms with E-state index in [1.165, 1.54) is 5.75 Å². The monoisotopic (exact) mass is 303 g/mol. The Morgan fingerprint density at radius 1 is 1.37 bits per heavy atom. The second-order valence-electron chi connectivity index (χ2n) is 5.32. The molecule has 0 aromatic carbocycles. The summed E-state index contributed by atoms with van der Waals surface area (Å²) in [5, 5.41) is 9.53. The Morgan fingerprint density at radius 3 is 2.74 bits per heavy atom. The first kappa shape index (κ1) is 15.0. The van der Waals surface area contributed by atoms with E-state index in [1.54, 1.807) is 0 Å². The highest BCUT2D eigenvalue weighted by Crippen LogP contribution is 2.28. The number of thioether (sulfide) groups is 2. The molecule has 2 aliphatic heterocycles. The lowest BCUT2D eigenvalue weighted by atomic mass is 9.87. The number of carbonyl (C=O) groups excluding carboxylic acids is 1. The lowest BCUT2D eigenvalue weighted by molar-refractivity contribution is -0.148. The number of likely N-dealkylation sites (tertiary alicyclic amines) is 1. The number of hydrogen-bond acceptors (Lipinski definition) is 4. The van der Waals surface area contributed by atoms with E-state index in [1.807, 2.05) is 35.3 Å². The molecule has 3 atom stereocenters. The predicted octanol–water partition coefficient (Wildman–Crippen LogP) is 1.79. The minimum Gasteiger partial charge on any atom is -0.481 e. The molecular formula is C13H21NO3S2. The van der Waals surface area contributed by atoms with E-state index in [0.29, 0.717) is 31.2 Å². The lowest BCUT2D eigenvalue weighted by Gasteiger charge is -2.35. The molecule has 0 aromatic rings. The zero-order valence-corrected chi connectivity index (χ0v) is 12.8. The standard InChI is InChI=1S/C13H21NO3S2/c1-9-7-14(3-2-11(9)13(16)17)12(15)6-10-8-18-4-5-19-10/h9-11H,2-8H2,1H3,(H,16,17). The molecule has 6 heteroatoms. The van der Waals surface area contributed by atoms with Crippen molar-refractivity contribution in [2.24, 2.45) is 11.8 Å². The van der Waals surface area contributed by atoms with Gasteiger partial charge >= 0.3 is 5.97 Å². The minimum absolute atomic E-state index is 0.0589. The molecular weight excluding hydrogens is 282 g/mol. The number of carbonyl (C=O) groups is 2. The number of carboxylic acids is 1. The molecule has 4 nitrogen and oxygen atoms in total. The van der Waals surface area contributed by atoms with Crippen LogP contribution in [0.15, 0.2) is 0 Å². The van der Waals surface area contributed by atoms with Crippen LogP contribution in [-0.4, -0.2) is 57.5 Å². The SMILES string of the molecule is CC1CN(C(=O)CC2CSCCS2)CCC1C(=O)O. The molecule has 0 saturated carbocycles. The van der Waals surface area contributed by atoms with Crippen molar-refractivity contribution in [3.63, 3.8) is 0 Å². The summed E-state index contributed by atoms with van der Waals surface area (Å²) in [7, 11) is 0. The van der Waals surface area contributed by atoms with Crippen LogP contribution in [0.2, 0.25) is 0 Å². The van der Waals surface area contributed by atoms with E-state index in [9.17, 15) is 9.59 Å². The number of rotatable bonds is 3. The molecule has 3 unspecified atom stereocenters. The van der Waals surface area contributed by atoms with E-state index in [2.05, 4.69) is 0 Å². The van der Waals surface area contributed by atoms with Crippen LogP contribution in [0.25, 0.3) is 0 Å². The normalized spacial score (nSPS) is 32.1. The number of aliphatic carboxylic acids is 1. The molecule has 2 rings (SSSR count). The second kappa shape index (κ2) is 6.88. The number of nitrogens with zero attached hydrogens (tertiary/aromatic N) is 1. The summed E-state index contributed by atoms with van der Waals surface area (Å²) >= 11 is 3.83. The van der Waals surface area contributed by atoms with Crippen molar-refractivity contribution in [3.05, 3.63) is 0 Å². The van der Waals surface area contributed by atoms with Gasteiger partial charge in [0.25, 0.3) is 0 Å². The summed E-state index contributed by atoms with van der Waals surface area (Å²) < 4.78 is 0. The van der Waals surface area contributed by atoms with Crippen LogP contribution in [0, 0.1) is 11.8 Å². The van der Waals surface area contributed by atoms with Crippen molar-refractivity contribution >= 4 is 35.4 Å². The zero-order valence-electron chi connectivity index (χ0n) is 11.2. The quantitative estimate of drug-likeness (QED) is 0.861. The smallest absolute Gasteiger partial charge is 0.306 e. The predicted molar refractivity (Wildman–Crippen MR) is 79.7 cm³/mol. The van der Waals surface area contributed by atoms with Gasteiger partial charge in [0, 0.05) is 42.0 Å². The van der Waals surface area contributed by atoms with E-state index < -0.39 is 5.97 Å². The maximum atomic E-state index is 12.2. The highest BCUT2D eigenvalue weighted by Gasteiger charge is 2.33. The van der Waals surface area contributed by atoms with E-state index in [-0.39, 0.29) is 17.7 Å². The summed E-state index contributed by atoms with van der Waals surface area (Å²) in [4.78, 5) is 25.2. The van der Waals surface area contributed by atoms with Gasteiger partial charge in [-0.1, -0.05) is 6.92 Å². The molecule has 0 aliphatic carbocycles. The van der Waals surface area contributed by atoms with Crippen LogP contribution >= 0.6 is 23.5 Å². The molecule has 2 heterocycles. The van der Waals surface area contributed by atoms with Gasteiger partial charge < -0.3 is 10.0 Å². The van der Waals surface area contributed by atoms with E-state index in [0.717, 1.165) is 11.5 Å². The van der Waals surface area contributed by atoms with Gasteiger partial charge in [0.15, 0.2) is 0 Å². The summed E-state index contributed by atoms with van der Waals surface area (Å²) in [5.41, 5.74) is 0. The van der Waals surface area contributed by atoms with Gasteiger partial charge in [-0.3, -0.25) is 9.59 Å². The molecule has 0 bridgehead atoms. The molecule has 19 heavy (non-hydrogen) atoms. The Morgan fingerprint density at radius 2 is 2.16 bits per heavy atom. The topological polar surface area (TPSA) is 57.6 Å². The van der Waals surface area contributed by atoms with Gasteiger partial charge in [-0.15, -0.1) is 0 Å². The van der Waals surface area contributed by atoms with Crippen LogP contribution in [0.5, 0.6) is 0 Å². The molecule has 0 spiro atoms. The zero-order chi connectivity index (χ0) is 13.8. The lowest BCUT2D eigenvalue weighted by Crippen LogP contribution is -2.45. The van der Waals surface area contributed by atoms with Crippen molar-refractivity contribution in [1.82, 2.24) is 4.90 Å². The molecule has 1 N–H and O–H groups in total. The molecule has 2 aliphatic rings. The summed E-state index contributed by atoms with van der Waals surface area (Å²) in [6.45, 7) is 3.13. The van der Waals surface area contributed by atoms with Crippen molar-refractivity contribution < 1.29 is 14.7 Å². The fraction of sp³-hybridized carbons (Fsp3) is 0.846. The van der Waals surface area contributed by atoms with Gasteiger partial charge in [0.1, 0.15) is 0 Å². The van der Waals surface area contributed by atoms with Crippen molar-refractivity contribution in [2.75, 3.05) is 30.3 Å². The van der Waals surface area contributed by atoms with Crippen LogP contribution in [-0.2, 0) is 9.59 Å². The third-order valence-corrected chi connectivity index (χ3v) is 6.71. The third kappa shape index (κ3) is 4.05. The average Bonchev–Trinajstić information content (AvgIpc) is 2.39. The number of amides is 1. The van der Waals surface area contributed by atoms with Gasteiger partial charge in [-0.2, -0.15) is 23.5 Å². The molecule has 1 amide bonds. The Labute approximate surface area is 122 Å². The van der Waals surface area contributed by atoms with Crippen molar-refractivity contribution in [3.8, 4) is 0 Å². The second-order valence-corrected chi connectivity index (χ2v) is 7.88. The summed E-state index contributed by atoms with van der Waals surface area (Å²) in [6.07, 6.45) is 1.21. The average molecular weight is 303 g/mol. The van der Waals surface area contributed by atoms with Gasteiger partial charge in [0.2, 0.25) is 5.91 Å². The van der Waals surface area contributed by atoms with Gasteiger partial charge in [-0.05, 0) is 12.3 Å². The molecule has 108 valence electrons. The third-order valence-electron chi connectivity index (χ3n) is 3.86. The highest BCUT2D eigenvalue weighted by atomic mass is 32.2. The largest absolute Gasteiger partial charge is 0.481 e. The van der Waals surface area contributed by atoms with Crippen molar-refractivity contribution in [2.45, 2.75) is 25.0 Å². The summed E-state index contributed by atoms with van der Waals surface area (Å²) in [6, 6.07) is 0. The van der Waals surface area contributed by atoms with E-state index >= 15 is 0 Å². The van der Waals surface area contributed by atoms with Crippen molar-refractivity contribution in [1.29, 1.82) is 0 Å². The Bertz CT molecular complexity index is 345. The Kier molecular flexibility index (Phi) is 5.45. The first-order valence-electron chi connectivity index (χ1n) is 6.78. The first-order chi connectivity index (χ1) is 9.08. The summed E-state index contributed by atoms with van der Waals surface area (Å²) in [5.74, 6) is 2.65. The van der Waals surface area contributed by atoms with Gasteiger partial charge in [-0.25, -0.2) is 0 Å². The van der Waals surface area contributed by atoms with Crippen LogP contribution in [0.4, 0.5) is 0 Å². The fourth-order valence-corrected chi connectivity index (χ4v) is 5.39. The van der Waals surface area contributed by atoms with Crippen LogP contribution < -0.4 is 0 Å². The minimum atomic E-state index is -0.723. The molecule has 2 saturated heterocycles. The van der Waals surface area contributed by atoms with E-state index in [4.69, 9.17) is 5.11 Å². The maximum Gasteiger partial charge on any atom is 0.306 e. The Hall–Kier alpha value is -0.360. The van der Waals surface area contributed by atoms with Crippen LogP contribution in [0.1, 0.15) is 19.8 Å². The van der Waals surface area contributed by atoms with Crippen LogP contribution in [0.3, 0.4) is 0 Å². The maximum absolute atomic E-state index is 12.2.